The van der Waals surface area contributed by atoms with Crippen molar-refractivity contribution < 1.29 is 23.9 Å². The van der Waals surface area contributed by atoms with Crippen molar-refractivity contribution >= 4 is 18.5 Å². The molecule has 0 saturated heterocycles. The fourth-order valence-electron chi connectivity index (χ4n) is 1.96. The number of amides is 2. The van der Waals surface area contributed by atoms with Crippen LogP contribution >= 0.6 is 0 Å². The van der Waals surface area contributed by atoms with E-state index in [-0.39, 0.29) is 18.6 Å². The molecule has 0 aliphatic rings. The second-order valence-electron chi connectivity index (χ2n) is 6.69. The van der Waals surface area contributed by atoms with Crippen LogP contribution < -0.4 is 16.4 Å². The zero-order valence-electron chi connectivity index (χ0n) is 15.4. The number of nitrogens with two attached hydrogens (primary N) is 1. The Morgan fingerprint density at radius 2 is 1.96 bits per heavy atom. The van der Waals surface area contributed by atoms with Crippen molar-refractivity contribution in [3.63, 3.8) is 0 Å². The van der Waals surface area contributed by atoms with E-state index in [0.717, 1.165) is 0 Å². The van der Waals surface area contributed by atoms with Gasteiger partial charge in [0.2, 0.25) is 5.91 Å². The highest BCUT2D eigenvalue weighted by molar-refractivity contribution is 5.81. The van der Waals surface area contributed by atoms with Crippen molar-refractivity contribution in [1.82, 2.24) is 10.6 Å². The van der Waals surface area contributed by atoms with Gasteiger partial charge in [0.05, 0.1) is 12.1 Å². The summed E-state index contributed by atoms with van der Waals surface area (Å²) in [6.45, 7) is 9.85. The van der Waals surface area contributed by atoms with Gasteiger partial charge in [0.25, 0.3) is 6.47 Å². The van der Waals surface area contributed by atoms with Gasteiger partial charge in [-0.2, -0.15) is 0 Å². The van der Waals surface area contributed by atoms with Crippen LogP contribution in [0.25, 0.3) is 0 Å². The van der Waals surface area contributed by atoms with E-state index in [0.29, 0.717) is 38.7 Å². The number of unbranched alkanes of at least 4 members (excludes halogenated alkanes) is 1. The van der Waals surface area contributed by atoms with Gasteiger partial charge in [-0.05, 0) is 46.5 Å². The van der Waals surface area contributed by atoms with Gasteiger partial charge in [-0.15, -0.1) is 6.58 Å². The fraction of sp³-hybridized carbons (Fsp3) is 0.706. The van der Waals surface area contributed by atoms with Gasteiger partial charge in [0.15, 0.2) is 0 Å². The van der Waals surface area contributed by atoms with E-state index in [2.05, 4.69) is 21.9 Å². The third-order valence-corrected chi connectivity index (χ3v) is 3.11. The van der Waals surface area contributed by atoms with E-state index in [1.165, 1.54) is 0 Å². The summed E-state index contributed by atoms with van der Waals surface area (Å²) in [5.74, 6) is -0.304. The zero-order chi connectivity index (χ0) is 19.3. The van der Waals surface area contributed by atoms with Gasteiger partial charge in [-0.3, -0.25) is 9.59 Å². The van der Waals surface area contributed by atoms with E-state index in [1.54, 1.807) is 26.8 Å². The topological polar surface area (TPSA) is 120 Å². The van der Waals surface area contributed by atoms with Crippen molar-refractivity contribution in [3.8, 4) is 0 Å². The molecule has 0 unspecified atom stereocenters. The highest BCUT2D eigenvalue weighted by atomic mass is 16.6. The number of alkyl carbamates (subject to hydrolysis) is 1. The monoisotopic (exact) mass is 357 g/mol. The minimum Gasteiger partial charge on any atom is -0.466 e. The minimum absolute atomic E-state index is 0.0772. The first-order valence-corrected chi connectivity index (χ1v) is 8.38. The second-order valence-corrected chi connectivity index (χ2v) is 6.69. The molecule has 0 spiro atoms. The molecule has 0 aliphatic carbocycles. The molecule has 4 N–H and O–H groups in total. The molecule has 2 amide bonds. The molecule has 0 rings (SSSR count). The number of hydrogen-bond donors (Lipinski definition) is 3. The molecule has 0 saturated carbocycles. The number of ether oxygens (including phenoxy) is 2. The Morgan fingerprint density at radius 1 is 1.28 bits per heavy atom. The summed E-state index contributed by atoms with van der Waals surface area (Å²) < 4.78 is 9.78. The molecule has 8 nitrogen and oxygen atoms in total. The van der Waals surface area contributed by atoms with Crippen molar-refractivity contribution in [2.75, 3.05) is 13.2 Å². The molecule has 0 aromatic heterocycles. The van der Waals surface area contributed by atoms with E-state index in [9.17, 15) is 14.4 Å². The molecule has 8 heteroatoms. The smallest absolute Gasteiger partial charge is 0.407 e. The van der Waals surface area contributed by atoms with Crippen LogP contribution in [0.3, 0.4) is 0 Å². The highest BCUT2D eigenvalue weighted by Crippen LogP contribution is 2.06. The molecule has 0 heterocycles. The number of hydrogen-bond acceptors (Lipinski definition) is 6. The van der Waals surface area contributed by atoms with Crippen LogP contribution in [0.5, 0.6) is 0 Å². The van der Waals surface area contributed by atoms with Crippen LogP contribution in [0.15, 0.2) is 12.7 Å². The van der Waals surface area contributed by atoms with Crippen LogP contribution in [0.4, 0.5) is 4.79 Å². The van der Waals surface area contributed by atoms with Gasteiger partial charge in [0.1, 0.15) is 12.2 Å². The van der Waals surface area contributed by atoms with Crippen LogP contribution in [0.1, 0.15) is 46.5 Å². The summed E-state index contributed by atoms with van der Waals surface area (Å²) in [5, 5.41) is 5.38. The average Bonchev–Trinajstić information content (AvgIpc) is 2.50. The van der Waals surface area contributed by atoms with Crippen LogP contribution in [0, 0.1) is 0 Å². The predicted molar refractivity (Wildman–Crippen MR) is 94.8 cm³/mol. The second kappa shape index (κ2) is 12.3. The Labute approximate surface area is 149 Å². The Morgan fingerprint density at radius 3 is 2.52 bits per heavy atom. The number of rotatable bonds is 12. The average molecular weight is 357 g/mol. The van der Waals surface area contributed by atoms with Gasteiger partial charge in [0, 0.05) is 6.54 Å². The van der Waals surface area contributed by atoms with Crippen LogP contribution in [0.2, 0.25) is 0 Å². The Balaban J connectivity index is 3.98. The van der Waals surface area contributed by atoms with Gasteiger partial charge < -0.3 is 25.8 Å². The lowest BCUT2D eigenvalue weighted by Gasteiger charge is -2.20. The maximum Gasteiger partial charge on any atom is 0.407 e. The normalized spacial score (nSPS) is 13.3. The van der Waals surface area contributed by atoms with Crippen LogP contribution in [-0.2, 0) is 19.1 Å². The molecule has 0 bridgehead atoms. The predicted octanol–water partition coefficient (Wildman–Crippen LogP) is 1.24. The summed E-state index contributed by atoms with van der Waals surface area (Å²) >= 11 is 0. The first kappa shape index (κ1) is 22.9. The molecule has 144 valence electrons. The van der Waals surface area contributed by atoms with Crippen molar-refractivity contribution in [2.45, 2.75) is 64.1 Å². The molecule has 0 aliphatic heterocycles. The fourth-order valence-corrected chi connectivity index (χ4v) is 1.96. The Kier molecular flexibility index (Phi) is 11.3. The number of carbonyl (C=O) groups is 3. The maximum absolute atomic E-state index is 12.0. The summed E-state index contributed by atoms with van der Waals surface area (Å²) in [5.41, 5.74) is 5.33. The van der Waals surface area contributed by atoms with Crippen molar-refractivity contribution in [1.29, 1.82) is 0 Å². The standard InChI is InChI=1S/C17H31N3O5/c1-5-8-13(11-24-12-21)20-15(22)14(18)9-6-7-10-19-16(23)25-17(2,3)4/h5,12-14H,1,6-11,18H2,2-4H3,(H,19,23)(H,20,22)/t13-,14-/m0/s1. The van der Waals surface area contributed by atoms with Crippen molar-refractivity contribution in [2.24, 2.45) is 5.73 Å². The van der Waals surface area contributed by atoms with Crippen LogP contribution in [-0.4, -0.2) is 49.3 Å². The number of nitrogens with one attached hydrogen (secondary N) is 2. The van der Waals surface area contributed by atoms with E-state index in [1.807, 2.05) is 0 Å². The highest BCUT2D eigenvalue weighted by Gasteiger charge is 2.18. The molecular weight excluding hydrogens is 326 g/mol. The molecule has 0 aromatic rings. The molecule has 2 atom stereocenters. The summed E-state index contributed by atoms with van der Waals surface area (Å²) in [7, 11) is 0. The summed E-state index contributed by atoms with van der Waals surface area (Å²) in [6.07, 6.45) is 3.50. The molecule has 0 radical (unpaired) electrons. The lowest BCUT2D eigenvalue weighted by Crippen LogP contribution is -2.46. The molecule has 0 fully saturated rings. The number of carbonyl (C=O) groups excluding carboxylic acids is 3. The minimum atomic E-state index is -0.662. The SMILES string of the molecule is C=CC[C@@H](COC=O)NC(=O)[C@@H](N)CCCCNC(=O)OC(C)(C)C. The summed E-state index contributed by atoms with van der Waals surface area (Å²) in [4.78, 5) is 33.7. The largest absolute Gasteiger partial charge is 0.466 e. The van der Waals surface area contributed by atoms with Crippen molar-refractivity contribution in [3.05, 3.63) is 12.7 Å². The molecular formula is C17H31N3O5. The first-order valence-electron chi connectivity index (χ1n) is 8.38. The molecule has 0 aromatic carbocycles. The Hall–Kier alpha value is -2.09. The van der Waals surface area contributed by atoms with Gasteiger partial charge in [-0.25, -0.2) is 4.79 Å². The first-order chi connectivity index (χ1) is 11.7. The summed E-state index contributed by atoms with van der Waals surface area (Å²) in [6, 6.07) is -1.000. The Bertz CT molecular complexity index is 434. The third-order valence-electron chi connectivity index (χ3n) is 3.11. The van der Waals surface area contributed by atoms with Gasteiger partial charge in [-0.1, -0.05) is 6.08 Å². The van der Waals surface area contributed by atoms with Gasteiger partial charge >= 0.3 is 6.09 Å². The van der Waals surface area contributed by atoms with E-state index >= 15 is 0 Å². The quantitative estimate of drug-likeness (QED) is 0.275. The maximum atomic E-state index is 12.0. The molecule has 25 heavy (non-hydrogen) atoms. The lowest BCUT2D eigenvalue weighted by atomic mass is 10.1. The lowest BCUT2D eigenvalue weighted by molar-refractivity contribution is -0.131. The van der Waals surface area contributed by atoms with E-state index < -0.39 is 17.7 Å². The zero-order valence-corrected chi connectivity index (χ0v) is 15.4. The van der Waals surface area contributed by atoms with E-state index in [4.69, 9.17) is 10.5 Å². The third kappa shape index (κ3) is 12.9.